The van der Waals surface area contributed by atoms with Crippen LogP contribution in [0.4, 0.5) is 0 Å². The fourth-order valence-electron chi connectivity index (χ4n) is 3.23. The third-order valence-electron chi connectivity index (χ3n) is 4.26. The Morgan fingerprint density at radius 2 is 2.18 bits per heavy atom. The van der Waals surface area contributed by atoms with E-state index in [9.17, 15) is 4.79 Å². The summed E-state index contributed by atoms with van der Waals surface area (Å²) in [5, 5.41) is 7.69. The lowest BCUT2D eigenvalue weighted by Crippen LogP contribution is -2.42. The van der Waals surface area contributed by atoms with Crippen molar-refractivity contribution in [3.05, 3.63) is 41.5 Å². The summed E-state index contributed by atoms with van der Waals surface area (Å²) in [5.74, 6) is 0.641. The maximum absolute atomic E-state index is 12.3. The van der Waals surface area contributed by atoms with Gasteiger partial charge in [0.1, 0.15) is 5.75 Å². The van der Waals surface area contributed by atoms with Gasteiger partial charge in [0.15, 0.2) is 5.01 Å². The van der Waals surface area contributed by atoms with Crippen LogP contribution in [-0.2, 0) is 0 Å². The van der Waals surface area contributed by atoms with Crippen LogP contribution in [0.15, 0.2) is 36.5 Å². The summed E-state index contributed by atoms with van der Waals surface area (Å²) in [6.07, 6.45) is 5.00. The maximum atomic E-state index is 12.3. The molecule has 2 saturated heterocycles. The molecule has 0 aliphatic carbocycles. The average molecular weight is 315 g/mol. The minimum absolute atomic E-state index is 0.104. The van der Waals surface area contributed by atoms with E-state index < -0.39 is 0 Å². The van der Waals surface area contributed by atoms with E-state index in [2.05, 4.69) is 15.6 Å². The van der Waals surface area contributed by atoms with E-state index in [0.29, 0.717) is 22.2 Å². The number of aromatic nitrogens is 1. The van der Waals surface area contributed by atoms with E-state index >= 15 is 0 Å². The molecule has 3 heterocycles. The Balaban J connectivity index is 1.39. The Morgan fingerprint density at radius 3 is 2.91 bits per heavy atom. The summed E-state index contributed by atoms with van der Waals surface area (Å²) in [6, 6.07) is 10.7. The van der Waals surface area contributed by atoms with Crippen molar-refractivity contribution in [2.45, 2.75) is 37.4 Å². The fourth-order valence-corrected chi connectivity index (χ4v) is 3.92. The van der Waals surface area contributed by atoms with Crippen molar-refractivity contribution in [2.75, 3.05) is 0 Å². The van der Waals surface area contributed by atoms with E-state index in [4.69, 9.17) is 4.74 Å². The quantitative estimate of drug-likeness (QED) is 0.910. The molecule has 4 rings (SSSR count). The molecule has 2 bridgehead atoms. The van der Waals surface area contributed by atoms with Crippen molar-refractivity contribution in [2.24, 2.45) is 0 Å². The zero-order chi connectivity index (χ0) is 14.9. The molecule has 1 aromatic heterocycles. The number of para-hydroxylation sites is 1. The lowest BCUT2D eigenvalue weighted by atomic mass is 9.95. The first-order valence-corrected chi connectivity index (χ1v) is 8.35. The Labute approximate surface area is 132 Å². The van der Waals surface area contributed by atoms with Gasteiger partial charge in [0, 0.05) is 18.1 Å². The third-order valence-corrected chi connectivity index (χ3v) is 5.13. The molecule has 22 heavy (non-hydrogen) atoms. The molecule has 0 saturated carbocycles. The number of carbonyl (C=O) groups excluding carboxylic acids is 1. The van der Waals surface area contributed by atoms with Gasteiger partial charge in [-0.05, 0) is 31.4 Å². The Kier molecular flexibility index (Phi) is 3.56. The molecular weight excluding hydrogens is 298 g/mol. The number of rotatable bonds is 4. The number of nitrogens with zero attached hydrogens (tertiary/aromatic N) is 1. The van der Waals surface area contributed by atoms with E-state index in [0.717, 1.165) is 18.6 Å². The smallest absolute Gasteiger partial charge is 0.280 e. The molecule has 2 N–H and O–H groups in total. The normalized spacial score (nSPS) is 26.1. The van der Waals surface area contributed by atoms with E-state index in [1.807, 2.05) is 30.3 Å². The molecule has 0 radical (unpaired) electrons. The van der Waals surface area contributed by atoms with Crippen LogP contribution >= 0.6 is 11.3 Å². The minimum Gasteiger partial charge on any atom is -0.445 e. The third kappa shape index (κ3) is 2.71. The first kappa shape index (κ1) is 13.7. The van der Waals surface area contributed by atoms with E-state index in [1.165, 1.54) is 17.8 Å². The molecule has 3 atom stereocenters. The van der Waals surface area contributed by atoms with Gasteiger partial charge in [-0.25, -0.2) is 4.98 Å². The van der Waals surface area contributed by atoms with Crippen molar-refractivity contribution < 1.29 is 9.53 Å². The zero-order valence-electron chi connectivity index (χ0n) is 12.0. The van der Waals surface area contributed by atoms with Crippen LogP contribution in [0.3, 0.4) is 0 Å². The SMILES string of the molecule is O=C(NC1CC2CCC1N2)c1ncc(Oc2ccccc2)s1. The van der Waals surface area contributed by atoms with Gasteiger partial charge >= 0.3 is 0 Å². The molecule has 1 amide bonds. The van der Waals surface area contributed by atoms with Gasteiger partial charge in [-0.2, -0.15) is 0 Å². The van der Waals surface area contributed by atoms with Gasteiger partial charge in [-0.3, -0.25) is 4.79 Å². The van der Waals surface area contributed by atoms with Crippen LogP contribution in [0.25, 0.3) is 0 Å². The second kappa shape index (κ2) is 5.70. The molecule has 2 aromatic rings. The highest BCUT2D eigenvalue weighted by Gasteiger charge is 2.39. The van der Waals surface area contributed by atoms with E-state index in [-0.39, 0.29) is 11.9 Å². The Morgan fingerprint density at radius 1 is 1.32 bits per heavy atom. The predicted molar refractivity (Wildman–Crippen MR) is 84.4 cm³/mol. The number of fused-ring (bicyclic) bond motifs is 2. The van der Waals surface area contributed by atoms with Crippen LogP contribution in [0, 0.1) is 0 Å². The van der Waals surface area contributed by atoms with Crippen molar-refractivity contribution in [1.29, 1.82) is 0 Å². The molecular formula is C16H17N3O2S. The lowest BCUT2D eigenvalue weighted by molar-refractivity contribution is 0.0930. The fraction of sp³-hybridized carbons (Fsp3) is 0.375. The summed E-state index contributed by atoms with van der Waals surface area (Å²) in [5.41, 5.74) is 0. The molecule has 1 aromatic carbocycles. The van der Waals surface area contributed by atoms with Crippen molar-refractivity contribution in [3.63, 3.8) is 0 Å². The number of thiazole rings is 1. The standard InChI is InChI=1S/C16H17N3O2S/c20-15(19-13-8-10-6-7-12(13)18-10)16-17-9-14(22-16)21-11-4-2-1-3-5-11/h1-5,9-10,12-13,18H,6-8H2,(H,19,20). The number of hydrogen-bond donors (Lipinski definition) is 2. The van der Waals surface area contributed by atoms with Gasteiger partial charge in [0.2, 0.25) is 5.06 Å². The molecule has 2 aliphatic heterocycles. The molecule has 0 spiro atoms. The van der Waals surface area contributed by atoms with Gasteiger partial charge in [-0.1, -0.05) is 29.5 Å². The van der Waals surface area contributed by atoms with Crippen molar-refractivity contribution >= 4 is 17.2 Å². The number of carbonyl (C=O) groups is 1. The number of nitrogens with one attached hydrogen (secondary N) is 2. The number of ether oxygens (including phenoxy) is 1. The Hall–Kier alpha value is -1.92. The van der Waals surface area contributed by atoms with Crippen LogP contribution in [0.2, 0.25) is 0 Å². The second-order valence-electron chi connectivity index (χ2n) is 5.76. The predicted octanol–water partition coefficient (Wildman–Crippen LogP) is 2.56. The first-order chi connectivity index (χ1) is 10.8. The minimum atomic E-state index is -0.104. The van der Waals surface area contributed by atoms with Crippen LogP contribution in [0.1, 0.15) is 29.1 Å². The molecule has 6 heteroatoms. The van der Waals surface area contributed by atoms with Crippen LogP contribution in [-0.4, -0.2) is 29.0 Å². The molecule has 2 fully saturated rings. The second-order valence-corrected chi connectivity index (χ2v) is 6.76. The highest BCUT2D eigenvalue weighted by molar-refractivity contribution is 7.15. The summed E-state index contributed by atoms with van der Waals surface area (Å²) in [4.78, 5) is 16.5. The van der Waals surface area contributed by atoms with Crippen LogP contribution in [0.5, 0.6) is 10.8 Å². The highest BCUT2D eigenvalue weighted by Crippen LogP contribution is 2.30. The summed E-state index contributed by atoms with van der Waals surface area (Å²) in [7, 11) is 0. The molecule has 5 nitrogen and oxygen atoms in total. The van der Waals surface area contributed by atoms with Gasteiger partial charge < -0.3 is 15.4 Å². The molecule has 3 unspecified atom stereocenters. The summed E-state index contributed by atoms with van der Waals surface area (Å²) >= 11 is 1.27. The average Bonchev–Trinajstić information content (AvgIpc) is 3.24. The van der Waals surface area contributed by atoms with Crippen LogP contribution < -0.4 is 15.4 Å². The largest absolute Gasteiger partial charge is 0.445 e. The van der Waals surface area contributed by atoms with Gasteiger partial charge in [0.05, 0.1) is 6.20 Å². The zero-order valence-corrected chi connectivity index (χ0v) is 12.8. The molecule has 2 aliphatic rings. The summed E-state index contributed by atoms with van der Waals surface area (Å²) < 4.78 is 5.69. The maximum Gasteiger partial charge on any atom is 0.280 e. The van der Waals surface area contributed by atoms with Crippen molar-refractivity contribution in [1.82, 2.24) is 15.6 Å². The highest BCUT2D eigenvalue weighted by atomic mass is 32.1. The van der Waals surface area contributed by atoms with Gasteiger partial charge in [0.25, 0.3) is 5.91 Å². The number of amides is 1. The summed E-state index contributed by atoms with van der Waals surface area (Å²) in [6.45, 7) is 0. The lowest BCUT2D eigenvalue weighted by Gasteiger charge is -2.20. The number of benzene rings is 1. The van der Waals surface area contributed by atoms with E-state index in [1.54, 1.807) is 6.20 Å². The van der Waals surface area contributed by atoms with Crippen molar-refractivity contribution in [3.8, 4) is 10.8 Å². The Bertz CT molecular complexity index is 673. The topological polar surface area (TPSA) is 63.2 Å². The monoisotopic (exact) mass is 315 g/mol. The first-order valence-electron chi connectivity index (χ1n) is 7.53. The molecule has 114 valence electrons. The van der Waals surface area contributed by atoms with Gasteiger partial charge in [-0.15, -0.1) is 0 Å². The number of hydrogen-bond acceptors (Lipinski definition) is 5.